The Hall–Kier alpha value is -2.22. The summed E-state index contributed by atoms with van der Waals surface area (Å²) in [6.07, 6.45) is 1.46. The van der Waals surface area contributed by atoms with E-state index in [1.54, 1.807) is 6.07 Å². The quantitative estimate of drug-likeness (QED) is 0.874. The molecule has 0 amide bonds. The first-order valence-corrected chi connectivity index (χ1v) is 7.05. The SMILES string of the molecule is O=S(=O)(Nc1ccn[nH]1)c1ccc2c(c1)OCCO2. The Morgan fingerprint density at radius 1 is 1.16 bits per heavy atom. The number of anilines is 1. The summed E-state index contributed by atoms with van der Waals surface area (Å²) in [6.45, 7) is 0.871. The summed E-state index contributed by atoms with van der Waals surface area (Å²) in [4.78, 5) is 0.103. The van der Waals surface area contributed by atoms with Gasteiger partial charge in [-0.3, -0.25) is 9.82 Å². The number of H-pyrrole nitrogens is 1. The number of nitrogens with zero attached hydrogens (tertiary/aromatic N) is 1. The molecule has 1 aliphatic heterocycles. The Balaban J connectivity index is 1.93. The molecule has 1 aromatic carbocycles. The number of fused-ring (bicyclic) bond motifs is 1. The predicted octanol–water partition coefficient (Wildman–Crippen LogP) is 0.982. The molecular formula is C11H11N3O4S. The molecular weight excluding hydrogens is 270 g/mol. The fourth-order valence-corrected chi connectivity index (χ4v) is 2.74. The van der Waals surface area contributed by atoms with Crippen LogP contribution in [0.3, 0.4) is 0 Å². The maximum absolute atomic E-state index is 12.1. The van der Waals surface area contributed by atoms with E-state index in [1.165, 1.54) is 24.4 Å². The molecule has 0 fully saturated rings. The minimum absolute atomic E-state index is 0.103. The van der Waals surface area contributed by atoms with Gasteiger partial charge in [0.05, 0.1) is 11.1 Å². The Morgan fingerprint density at radius 3 is 2.68 bits per heavy atom. The van der Waals surface area contributed by atoms with E-state index in [2.05, 4.69) is 14.9 Å². The Bertz CT molecular complexity index is 682. The smallest absolute Gasteiger partial charge is 0.263 e. The zero-order valence-electron chi connectivity index (χ0n) is 9.79. The zero-order valence-corrected chi connectivity index (χ0v) is 10.6. The lowest BCUT2D eigenvalue weighted by atomic mass is 10.3. The van der Waals surface area contributed by atoms with Gasteiger partial charge in [-0.15, -0.1) is 0 Å². The third kappa shape index (κ3) is 2.34. The zero-order chi connectivity index (χ0) is 13.3. The number of ether oxygens (including phenoxy) is 2. The number of hydrogen-bond donors (Lipinski definition) is 2. The molecule has 100 valence electrons. The van der Waals surface area contributed by atoms with Gasteiger partial charge in [-0.1, -0.05) is 0 Å². The van der Waals surface area contributed by atoms with Crippen molar-refractivity contribution >= 4 is 15.8 Å². The Labute approximate surface area is 109 Å². The van der Waals surface area contributed by atoms with E-state index in [9.17, 15) is 8.42 Å². The standard InChI is InChI=1S/C11H11N3O4S/c15-19(16,14-11-3-4-12-13-11)8-1-2-9-10(7-8)18-6-5-17-9/h1-4,7H,5-6H2,(H2,12,13,14). The van der Waals surface area contributed by atoms with Crippen LogP contribution in [0.4, 0.5) is 5.82 Å². The lowest BCUT2D eigenvalue weighted by Crippen LogP contribution is -2.17. The van der Waals surface area contributed by atoms with Gasteiger partial charge >= 0.3 is 0 Å². The van der Waals surface area contributed by atoms with E-state index in [4.69, 9.17) is 9.47 Å². The topological polar surface area (TPSA) is 93.3 Å². The number of nitrogens with one attached hydrogen (secondary N) is 2. The molecule has 1 aliphatic rings. The van der Waals surface area contributed by atoms with Crippen LogP contribution in [0.2, 0.25) is 0 Å². The van der Waals surface area contributed by atoms with Crippen molar-refractivity contribution in [2.75, 3.05) is 17.9 Å². The highest BCUT2D eigenvalue weighted by molar-refractivity contribution is 7.92. The van der Waals surface area contributed by atoms with E-state index in [1.807, 2.05) is 0 Å². The predicted molar refractivity (Wildman–Crippen MR) is 66.8 cm³/mol. The highest BCUT2D eigenvalue weighted by atomic mass is 32.2. The molecule has 8 heteroatoms. The molecule has 2 N–H and O–H groups in total. The fraction of sp³-hybridized carbons (Fsp3) is 0.182. The van der Waals surface area contributed by atoms with E-state index in [-0.39, 0.29) is 4.90 Å². The third-order valence-electron chi connectivity index (χ3n) is 2.57. The van der Waals surface area contributed by atoms with Gasteiger partial charge in [0.2, 0.25) is 0 Å². The van der Waals surface area contributed by atoms with Crippen LogP contribution < -0.4 is 14.2 Å². The lowest BCUT2D eigenvalue weighted by Gasteiger charge is -2.18. The van der Waals surface area contributed by atoms with Crippen molar-refractivity contribution in [3.63, 3.8) is 0 Å². The molecule has 1 aromatic heterocycles. The molecule has 7 nitrogen and oxygen atoms in total. The van der Waals surface area contributed by atoms with Crippen molar-refractivity contribution in [1.29, 1.82) is 0 Å². The van der Waals surface area contributed by atoms with Crippen molar-refractivity contribution in [2.45, 2.75) is 4.90 Å². The van der Waals surface area contributed by atoms with Crippen molar-refractivity contribution in [3.05, 3.63) is 30.5 Å². The fourth-order valence-electron chi connectivity index (χ4n) is 1.71. The van der Waals surface area contributed by atoms with Crippen LogP contribution in [0, 0.1) is 0 Å². The van der Waals surface area contributed by atoms with Crippen LogP contribution in [0.25, 0.3) is 0 Å². The van der Waals surface area contributed by atoms with Gasteiger partial charge < -0.3 is 9.47 Å². The normalized spacial score (nSPS) is 14.1. The van der Waals surface area contributed by atoms with Crippen LogP contribution >= 0.6 is 0 Å². The Morgan fingerprint density at radius 2 is 1.95 bits per heavy atom. The van der Waals surface area contributed by atoms with Crippen LogP contribution in [-0.4, -0.2) is 31.8 Å². The second-order valence-corrected chi connectivity index (χ2v) is 5.56. The second-order valence-electron chi connectivity index (χ2n) is 3.88. The number of hydrogen-bond acceptors (Lipinski definition) is 5. The van der Waals surface area contributed by atoms with Gasteiger partial charge in [-0.2, -0.15) is 5.10 Å². The molecule has 3 rings (SSSR count). The largest absolute Gasteiger partial charge is 0.486 e. The van der Waals surface area contributed by atoms with Crippen LogP contribution in [0.1, 0.15) is 0 Å². The number of rotatable bonds is 3. The summed E-state index contributed by atoms with van der Waals surface area (Å²) < 4.78 is 37.3. The summed E-state index contributed by atoms with van der Waals surface area (Å²) in [5.74, 6) is 1.28. The van der Waals surface area contributed by atoms with Crippen LogP contribution in [-0.2, 0) is 10.0 Å². The van der Waals surface area contributed by atoms with Crippen LogP contribution in [0.5, 0.6) is 11.5 Å². The molecule has 2 heterocycles. The average molecular weight is 281 g/mol. The minimum atomic E-state index is -3.67. The molecule has 0 unspecified atom stereocenters. The number of aromatic amines is 1. The van der Waals surface area contributed by atoms with Crippen molar-refractivity contribution in [1.82, 2.24) is 10.2 Å². The van der Waals surface area contributed by atoms with Gasteiger partial charge in [0, 0.05) is 12.1 Å². The highest BCUT2D eigenvalue weighted by Gasteiger charge is 2.19. The molecule has 2 aromatic rings. The number of aromatic nitrogens is 2. The number of benzene rings is 1. The molecule has 0 atom stereocenters. The van der Waals surface area contributed by atoms with Gasteiger partial charge in [0.25, 0.3) is 10.0 Å². The van der Waals surface area contributed by atoms with Crippen molar-refractivity contribution in [3.8, 4) is 11.5 Å². The van der Waals surface area contributed by atoms with E-state index in [0.717, 1.165) is 0 Å². The molecule has 0 saturated carbocycles. The molecule has 0 bridgehead atoms. The molecule has 0 spiro atoms. The van der Waals surface area contributed by atoms with Crippen molar-refractivity contribution < 1.29 is 17.9 Å². The monoisotopic (exact) mass is 281 g/mol. The van der Waals surface area contributed by atoms with E-state index < -0.39 is 10.0 Å². The number of sulfonamides is 1. The first-order chi connectivity index (χ1) is 9.15. The minimum Gasteiger partial charge on any atom is -0.486 e. The van der Waals surface area contributed by atoms with E-state index in [0.29, 0.717) is 30.5 Å². The Kier molecular flexibility index (Phi) is 2.79. The van der Waals surface area contributed by atoms with E-state index >= 15 is 0 Å². The molecule has 19 heavy (non-hydrogen) atoms. The summed E-state index contributed by atoms with van der Waals surface area (Å²) in [5.41, 5.74) is 0. The summed E-state index contributed by atoms with van der Waals surface area (Å²) in [7, 11) is -3.67. The first-order valence-electron chi connectivity index (χ1n) is 5.57. The van der Waals surface area contributed by atoms with Gasteiger partial charge in [-0.05, 0) is 12.1 Å². The van der Waals surface area contributed by atoms with Gasteiger partial charge in [0.15, 0.2) is 11.5 Å². The third-order valence-corrected chi connectivity index (χ3v) is 3.93. The summed E-state index contributed by atoms with van der Waals surface area (Å²) >= 11 is 0. The maximum atomic E-state index is 12.1. The molecule has 0 radical (unpaired) electrons. The average Bonchev–Trinajstić information content (AvgIpc) is 2.90. The maximum Gasteiger partial charge on any atom is 0.263 e. The van der Waals surface area contributed by atoms with Gasteiger partial charge in [-0.25, -0.2) is 8.42 Å². The summed E-state index contributed by atoms with van der Waals surface area (Å²) in [6, 6.07) is 6.00. The van der Waals surface area contributed by atoms with Crippen LogP contribution in [0.15, 0.2) is 35.4 Å². The lowest BCUT2D eigenvalue weighted by molar-refractivity contribution is 0.171. The highest BCUT2D eigenvalue weighted by Crippen LogP contribution is 2.32. The molecule has 0 saturated heterocycles. The van der Waals surface area contributed by atoms with Crippen molar-refractivity contribution in [2.24, 2.45) is 0 Å². The second kappa shape index (κ2) is 4.47. The molecule has 0 aliphatic carbocycles. The van der Waals surface area contributed by atoms with Gasteiger partial charge in [0.1, 0.15) is 19.0 Å². The summed E-state index contributed by atoms with van der Waals surface area (Å²) in [5, 5.41) is 6.20. The first kappa shape index (κ1) is 11.8.